The second-order valence-electron chi connectivity index (χ2n) is 4.77. The number of rotatable bonds is 5. The summed E-state index contributed by atoms with van der Waals surface area (Å²) in [7, 11) is 1.55. The van der Waals surface area contributed by atoms with Gasteiger partial charge in [-0.05, 0) is 24.3 Å². The Morgan fingerprint density at radius 3 is 2.89 bits per heavy atom. The molecule has 1 aromatic rings. The topological polar surface area (TPSA) is 67.6 Å². The number of methoxy groups -OCH3 is 1. The van der Waals surface area contributed by atoms with Crippen molar-refractivity contribution >= 4 is 22.9 Å². The average Bonchev–Trinajstić information content (AvgIpc) is 2.83. The zero-order valence-corrected chi connectivity index (χ0v) is 12.0. The Labute approximate surface area is 117 Å². The number of nitrogen functional groups attached to an aromatic ring is 1. The fraction of sp³-hybridized carbons (Fsp3) is 0.615. The number of nitrogens with zero attached hydrogens (tertiary/aromatic N) is 1. The van der Waals surface area contributed by atoms with Gasteiger partial charge in [0.15, 0.2) is 0 Å². The summed E-state index contributed by atoms with van der Waals surface area (Å²) in [6.07, 6.45) is 1.97. The molecular weight excluding hydrogens is 262 g/mol. The van der Waals surface area contributed by atoms with Gasteiger partial charge in [-0.3, -0.25) is 4.79 Å². The van der Waals surface area contributed by atoms with Gasteiger partial charge in [0.25, 0.3) is 0 Å². The summed E-state index contributed by atoms with van der Waals surface area (Å²) in [6.45, 7) is 2.61. The number of carbonyl (C=O) groups is 1. The molecule has 1 saturated heterocycles. The SMILES string of the molecule is COCC(=O)N1CCC(NCc2sccc2N)CC1. The van der Waals surface area contributed by atoms with Crippen LogP contribution >= 0.6 is 11.3 Å². The van der Waals surface area contributed by atoms with Gasteiger partial charge in [0.2, 0.25) is 5.91 Å². The highest BCUT2D eigenvalue weighted by molar-refractivity contribution is 7.10. The predicted octanol–water partition coefficient (Wildman–Crippen LogP) is 1.06. The van der Waals surface area contributed by atoms with Crippen molar-refractivity contribution in [1.82, 2.24) is 10.2 Å². The lowest BCUT2D eigenvalue weighted by atomic mass is 10.0. The van der Waals surface area contributed by atoms with Crippen LogP contribution in [0, 0.1) is 0 Å². The van der Waals surface area contributed by atoms with E-state index in [9.17, 15) is 4.79 Å². The quantitative estimate of drug-likeness (QED) is 0.848. The number of amides is 1. The van der Waals surface area contributed by atoms with Crippen molar-refractivity contribution in [2.75, 3.05) is 32.5 Å². The summed E-state index contributed by atoms with van der Waals surface area (Å²) in [5.41, 5.74) is 6.72. The van der Waals surface area contributed by atoms with Crippen molar-refractivity contribution in [1.29, 1.82) is 0 Å². The molecule has 1 amide bonds. The summed E-state index contributed by atoms with van der Waals surface area (Å²) in [5, 5.41) is 5.53. The molecule has 0 saturated carbocycles. The number of likely N-dealkylation sites (tertiary alicyclic amines) is 1. The van der Waals surface area contributed by atoms with Crippen LogP contribution in [-0.4, -0.2) is 43.7 Å². The maximum Gasteiger partial charge on any atom is 0.248 e. The fourth-order valence-electron chi connectivity index (χ4n) is 2.28. The molecule has 0 unspecified atom stereocenters. The van der Waals surface area contributed by atoms with Crippen LogP contribution in [0.25, 0.3) is 0 Å². The zero-order chi connectivity index (χ0) is 13.7. The Balaban J connectivity index is 1.72. The van der Waals surface area contributed by atoms with Crippen LogP contribution in [0.15, 0.2) is 11.4 Å². The number of anilines is 1. The first kappa shape index (κ1) is 14.3. The lowest BCUT2D eigenvalue weighted by molar-refractivity contribution is -0.136. The van der Waals surface area contributed by atoms with E-state index in [0.717, 1.165) is 38.2 Å². The third-order valence-electron chi connectivity index (χ3n) is 3.45. The second kappa shape index (κ2) is 6.88. The van der Waals surface area contributed by atoms with Gasteiger partial charge in [0.1, 0.15) is 6.61 Å². The van der Waals surface area contributed by atoms with Gasteiger partial charge < -0.3 is 20.7 Å². The molecule has 0 atom stereocenters. The lowest BCUT2D eigenvalue weighted by Gasteiger charge is -2.32. The van der Waals surface area contributed by atoms with Crippen LogP contribution in [0.3, 0.4) is 0 Å². The van der Waals surface area contributed by atoms with Crippen molar-refractivity contribution in [3.63, 3.8) is 0 Å². The summed E-state index contributed by atoms with van der Waals surface area (Å²) in [5.74, 6) is 0.0865. The van der Waals surface area contributed by atoms with E-state index in [1.165, 1.54) is 4.88 Å². The van der Waals surface area contributed by atoms with Crippen LogP contribution in [0.5, 0.6) is 0 Å². The Morgan fingerprint density at radius 1 is 1.58 bits per heavy atom. The van der Waals surface area contributed by atoms with E-state index in [4.69, 9.17) is 10.5 Å². The molecule has 0 bridgehead atoms. The highest BCUT2D eigenvalue weighted by Gasteiger charge is 2.22. The summed E-state index contributed by atoms with van der Waals surface area (Å²) in [4.78, 5) is 14.7. The predicted molar refractivity (Wildman–Crippen MR) is 77.0 cm³/mol. The molecule has 5 nitrogen and oxygen atoms in total. The van der Waals surface area contributed by atoms with Crippen molar-refractivity contribution in [2.24, 2.45) is 0 Å². The number of nitrogens with one attached hydrogen (secondary N) is 1. The highest BCUT2D eigenvalue weighted by Crippen LogP contribution is 2.19. The first-order chi connectivity index (χ1) is 9.20. The van der Waals surface area contributed by atoms with E-state index in [0.29, 0.717) is 6.04 Å². The lowest BCUT2D eigenvalue weighted by Crippen LogP contribution is -2.45. The number of piperidine rings is 1. The van der Waals surface area contributed by atoms with Crippen LogP contribution in [0.1, 0.15) is 17.7 Å². The minimum Gasteiger partial charge on any atom is -0.398 e. The van der Waals surface area contributed by atoms with E-state index in [-0.39, 0.29) is 12.5 Å². The third kappa shape index (κ3) is 3.92. The number of carbonyl (C=O) groups excluding carboxylic acids is 1. The van der Waals surface area contributed by atoms with Crippen molar-refractivity contribution in [3.8, 4) is 0 Å². The van der Waals surface area contributed by atoms with E-state index in [2.05, 4.69) is 5.32 Å². The van der Waals surface area contributed by atoms with Gasteiger partial charge in [-0.15, -0.1) is 11.3 Å². The maximum atomic E-state index is 11.7. The van der Waals surface area contributed by atoms with Gasteiger partial charge in [-0.2, -0.15) is 0 Å². The Hall–Kier alpha value is -1.11. The number of hydrogen-bond donors (Lipinski definition) is 2. The van der Waals surface area contributed by atoms with E-state index < -0.39 is 0 Å². The van der Waals surface area contributed by atoms with E-state index in [1.54, 1.807) is 18.4 Å². The fourth-order valence-corrected chi connectivity index (χ4v) is 3.03. The van der Waals surface area contributed by atoms with Crippen LogP contribution in [0.2, 0.25) is 0 Å². The van der Waals surface area contributed by atoms with Crippen molar-refractivity contribution in [2.45, 2.75) is 25.4 Å². The Morgan fingerprint density at radius 2 is 2.32 bits per heavy atom. The molecule has 0 spiro atoms. The molecular formula is C13H21N3O2S. The molecule has 1 aliphatic rings. The zero-order valence-electron chi connectivity index (χ0n) is 11.2. The molecule has 1 aromatic heterocycles. The van der Waals surface area contributed by atoms with Gasteiger partial charge in [0, 0.05) is 43.4 Å². The average molecular weight is 283 g/mol. The van der Waals surface area contributed by atoms with E-state index >= 15 is 0 Å². The molecule has 1 aliphatic heterocycles. The monoisotopic (exact) mass is 283 g/mol. The van der Waals surface area contributed by atoms with Crippen LogP contribution in [-0.2, 0) is 16.1 Å². The van der Waals surface area contributed by atoms with Crippen LogP contribution in [0.4, 0.5) is 5.69 Å². The first-order valence-electron chi connectivity index (χ1n) is 6.52. The van der Waals surface area contributed by atoms with Crippen molar-refractivity contribution in [3.05, 3.63) is 16.3 Å². The number of hydrogen-bond acceptors (Lipinski definition) is 5. The molecule has 0 radical (unpaired) electrons. The highest BCUT2D eigenvalue weighted by atomic mass is 32.1. The third-order valence-corrected chi connectivity index (χ3v) is 4.38. The summed E-state index contributed by atoms with van der Waals surface area (Å²) < 4.78 is 4.87. The van der Waals surface area contributed by atoms with Gasteiger partial charge in [-0.25, -0.2) is 0 Å². The molecule has 106 valence electrons. The molecule has 3 N–H and O–H groups in total. The van der Waals surface area contributed by atoms with Crippen molar-refractivity contribution < 1.29 is 9.53 Å². The molecule has 2 rings (SSSR count). The summed E-state index contributed by atoms with van der Waals surface area (Å²) >= 11 is 1.68. The normalized spacial score (nSPS) is 16.8. The maximum absolute atomic E-state index is 11.7. The standard InChI is InChI=1S/C13H21N3O2S/c1-18-9-13(17)16-5-2-10(3-6-16)15-8-12-11(14)4-7-19-12/h4,7,10,15H,2-3,5-6,8-9,14H2,1H3. The van der Waals surface area contributed by atoms with Gasteiger partial charge in [0.05, 0.1) is 0 Å². The minimum absolute atomic E-state index is 0.0865. The molecule has 19 heavy (non-hydrogen) atoms. The van der Waals surface area contributed by atoms with Crippen LogP contribution < -0.4 is 11.1 Å². The molecule has 6 heteroatoms. The largest absolute Gasteiger partial charge is 0.398 e. The molecule has 1 fully saturated rings. The van der Waals surface area contributed by atoms with E-state index in [1.807, 2.05) is 16.3 Å². The Kier molecular flexibility index (Phi) is 5.18. The minimum atomic E-state index is 0.0865. The van der Waals surface area contributed by atoms with Gasteiger partial charge in [-0.1, -0.05) is 0 Å². The Bertz CT molecular complexity index is 414. The van der Waals surface area contributed by atoms with Gasteiger partial charge >= 0.3 is 0 Å². The first-order valence-corrected chi connectivity index (χ1v) is 7.40. The number of thiophene rings is 1. The molecule has 2 heterocycles. The molecule has 0 aromatic carbocycles. The number of ether oxygens (including phenoxy) is 1. The number of nitrogens with two attached hydrogens (primary N) is 1. The summed E-state index contributed by atoms with van der Waals surface area (Å²) in [6, 6.07) is 2.40. The second-order valence-corrected chi connectivity index (χ2v) is 5.77. The smallest absolute Gasteiger partial charge is 0.248 e. The molecule has 0 aliphatic carbocycles.